The standard InChI is InChI=1S/C11H24O2/c1-9(8-11(4,5)13)6-7-10(2,3)12/h9,12-13H,6-8H2,1-5H3. The molecule has 2 heteroatoms. The SMILES string of the molecule is CC(CCC(C)(C)O)CC(C)(C)O. The molecule has 0 spiro atoms. The third kappa shape index (κ3) is 9.84. The van der Waals surface area contributed by atoms with Crippen molar-refractivity contribution in [3.63, 3.8) is 0 Å². The summed E-state index contributed by atoms with van der Waals surface area (Å²) in [7, 11) is 0. The second-order valence-electron chi connectivity index (χ2n) is 5.47. The van der Waals surface area contributed by atoms with Crippen LogP contribution in [0.4, 0.5) is 0 Å². The van der Waals surface area contributed by atoms with E-state index < -0.39 is 11.2 Å². The van der Waals surface area contributed by atoms with E-state index in [9.17, 15) is 10.2 Å². The largest absolute Gasteiger partial charge is 0.390 e. The summed E-state index contributed by atoms with van der Waals surface area (Å²) in [6.07, 6.45) is 2.56. The van der Waals surface area contributed by atoms with Crippen LogP contribution in [0.25, 0.3) is 0 Å². The van der Waals surface area contributed by atoms with Crippen LogP contribution in [-0.2, 0) is 0 Å². The lowest BCUT2D eigenvalue weighted by molar-refractivity contribution is 0.0377. The average molecular weight is 188 g/mol. The van der Waals surface area contributed by atoms with Gasteiger partial charge in [-0.3, -0.25) is 0 Å². The summed E-state index contributed by atoms with van der Waals surface area (Å²) in [6, 6.07) is 0. The summed E-state index contributed by atoms with van der Waals surface area (Å²) >= 11 is 0. The molecular formula is C11H24O2. The van der Waals surface area contributed by atoms with Crippen LogP contribution in [0.3, 0.4) is 0 Å². The highest BCUT2D eigenvalue weighted by Crippen LogP contribution is 2.22. The van der Waals surface area contributed by atoms with Crippen molar-refractivity contribution in [3.05, 3.63) is 0 Å². The average Bonchev–Trinajstić information content (AvgIpc) is 1.78. The van der Waals surface area contributed by atoms with Crippen LogP contribution in [0.2, 0.25) is 0 Å². The second-order valence-corrected chi connectivity index (χ2v) is 5.47. The molecule has 0 aromatic heterocycles. The molecule has 0 aliphatic heterocycles. The van der Waals surface area contributed by atoms with Crippen LogP contribution < -0.4 is 0 Å². The van der Waals surface area contributed by atoms with Crippen LogP contribution in [0, 0.1) is 5.92 Å². The molecule has 2 nitrogen and oxygen atoms in total. The first kappa shape index (κ1) is 12.9. The molecule has 0 saturated carbocycles. The van der Waals surface area contributed by atoms with E-state index in [1.54, 1.807) is 0 Å². The Bertz CT molecular complexity index is 139. The number of rotatable bonds is 5. The van der Waals surface area contributed by atoms with Crippen LogP contribution in [0.1, 0.15) is 53.9 Å². The maximum Gasteiger partial charge on any atom is 0.0594 e. The summed E-state index contributed by atoms with van der Waals surface area (Å²) in [6.45, 7) is 9.42. The molecule has 0 aromatic rings. The molecule has 1 atom stereocenters. The van der Waals surface area contributed by atoms with Crippen molar-refractivity contribution in [3.8, 4) is 0 Å². The topological polar surface area (TPSA) is 40.5 Å². The molecule has 0 saturated heterocycles. The predicted octanol–water partition coefficient (Wildman–Crippen LogP) is 2.33. The molecule has 0 amide bonds. The first-order valence-corrected chi connectivity index (χ1v) is 5.05. The molecule has 0 rings (SSSR count). The highest BCUT2D eigenvalue weighted by molar-refractivity contribution is 4.72. The zero-order chi connectivity index (χ0) is 10.7. The predicted molar refractivity (Wildman–Crippen MR) is 55.6 cm³/mol. The highest BCUT2D eigenvalue weighted by Gasteiger charge is 2.19. The Balaban J connectivity index is 3.70. The van der Waals surface area contributed by atoms with Gasteiger partial charge in [0.2, 0.25) is 0 Å². The molecule has 0 radical (unpaired) electrons. The lowest BCUT2D eigenvalue weighted by atomic mass is 9.88. The van der Waals surface area contributed by atoms with Gasteiger partial charge in [0.25, 0.3) is 0 Å². The van der Waals surface area contributed by atoms with Gasteiger partial charge in [-0.1, -0.05) is 6.92 Å². The van der Waals surface area contributed by atoms with Gasteiger partial charge >= 0.3 is 0 Å². The van der Waals surface area contributed by atoms with E-state index in [0.29, 0.717) is 5.92 Å². The summed E-state index contributed by atoms with van der Waals surface area (Å²) < 4.78 is 0. The quantitative estimate of drug-likeness (QED) is 0.695. The lowest BCUT2D eigenvalue weighted by Crippen LogP contribution is -2.24. The maximum atomic E-state index is 9.55. The second kappa shape index (κ2) is 4.43. The van der Waals surface area contributed by atoms with E-state index in [1.165, 1.54) is 0 Å². The van der Waals surface area contributed by atoms with Crippen LogP contribution in [0.5, 0.6) is 0 Å². The number of aliphatic hydroxyl groups is 2. The van der Waals surface area contributed by atoms with Crippen molar-refractivity contribution in [2.45, 2.75) is 65.1 Å². The molecule has 0 bridgehead atoms. The number of hydrogen-bond donors (Lipinski definition) is 2. The van der Waals surface area contributed by atoms with Gasteiger partial charge in [-0.15, -0.1) is 0 Å². The zero-order valence-corrected chi connectivity index (χ0v) is 9.59. The van der Waals surface area contributed by atoms with Crippen molar-refractivity contribution >= 4 is 0 Å². The van der Waals surface area contributed by atoms with E-state index in [1.807, 2.05) is 27.7 Å². The van der Waals surface area contributed by atoms with Crippen molar-refractivity contribution in [1.29, 1.82) is 0 Å². The molecule has 1 unspecified atom stereocenters. The third-order valence-electron chi connectivity index (χ3n) is 2.10. The molecule has 80 valence electrons. The molecule has 0 aliphatic rings. The Hall–Kier alpha value is -0.0800. The zero-order valence-electron chi connectivity index (χ0n) is 9.59. The van der Waals surface area contributed by atoms with E-state index in [0.717, 1.165) is 19.3 Å². The molecule has 13 heavy (non-hydrogen) atoms. The lowest BCUT2D eigenvalue weighted by Gasteiger charge is -2.24. The molecule has 2 N–H and O–H groups in total. The molecule has 0 aliphatic carbocycles. The van der Waals surface area contributed by atoms with Crippen molar-refractivity contribution in [2.75, 3.05) is 0 Å². The number of hydrogen-bond acceptors (Lipinski definition) is 2. The summed E-state index contributed by atoms with van der Waals surface area (Å²) in [5.74, 6) is 0.464. The Morgan fingerprint density at radius 2 is 1.46 bits per heavy atom. The van der Waals surface area contributed by atoms with Crippen LogP contribution >= 0.6 is 0 Å². The Labute approximate surface area is 82.0 Å². The van der Waals surface area contributed by atoms with E-state index >= 15 is 0 Å². The maximum absolute atomic E-state index is 9.55. The first-order chi connectivity index (χ1) is 5.60. The van der Waals surface area contributed by atoms with Gasteiger partial charge in [0.05, 0.1) is 11.2 Å². The molecule has 0 heterocycles. The first-order valence-electron chi connectivity index (χ1n) is 5.05. The van der Waals surface area contributed by atoms with Crippen molar-refractivity contribution in [2.24, 2.45) is 5.92 Å². The van der Waals surface area contributed by atoms with E-state index in [2.05, 4.69) is 6.92 Å². The van der Waals surface area contributed by atoms with E-state index in [-0.39, 0.29) is 0 Å². The van der Waals surface area contributed by atoms with Crippen molar-refractivity contribution in [1.82, 2.24) is 0 Å². The Kier molecular flexibility index (Phi) is 4.40. The summed E-state index contributed by atoms with van der Waals surface area (Å²) in [5.41, 5.74) is -1.16. The minimum Gasteiger partial charge on any atom is -0.390 e. The normalized spacial score (nSPS) is 15.9. The fraction of sp³-hybridized carbons (Fsp3) is 1.00. The highest BCUT2D eigenvalue weighted by atomic mass is 16.3. The summed E-state index contributed by atoms with van der Waals surface area (Å²) in [4.78, 5) is 0. The van der Waals surface area contributed by atoms with Crippen molar-refractivity contribution < 1.29 is 10.2 Å². The van der Waals surface area contributed by atoms with Crippen LogP contribution in [0.15, 0.2) is 0 Å². The Morgan fingerprint density at radius 3 is 1.77 bits per heavy atom. The van der Waals surface area contributed by atoms with Gasteiger partial charge in [-0.05, 0) is 52.9 Å². The smallest absolute Gasteiger partial charge is 0.0594 e. The van der Waals surface area contributed by atoms with E-state index in [4.69, 9.17) is 0 Å². The summed E-state index contributed by atoms with van der Waals surface area (Å²) in [5, 5.41) is 19.1. The molecule has 0 aromatic carbocycles. The fourth-order valence-electron chi connectivity index (χ4n) is 1.55. The minimum atomic E-state index is -0.584. The van der Waals surface area contributed by atoms with Gasteiger partial charge in [0.15, 0.2) is 0 Å². The fourth-order valence-corrected chi connectivity index (χ4v) is 1.55. The van der Waals surface area contributed by atoms with Gasteiger partial charge in [0.1, 0.15) is 0 Å². The monoisotopic (exact) mass is 188 g/mol. The minimum absolute atomic E-state index is 0.464. The van der Waals surface area contributed by atoms with Gasteiger partial charge < -0.3 is 10.2 Å². The third-order valence-corrected chi connectivity index (χ3v) is 2.10. The molecule has 0 fully saturated rings. The van der Waals surface area contributed by atoms with Gasteiger partial charge in [-0.2, -0.15) is 0 Å². The molecular weight excluding hydrogens is 164 g/mol. The van der Waals surface area contributed by atoms with Gasteiger partial charge in [0, 0.05) is 0 Å². The van der Waals surface area contributed by atoms with Gasteiger partial charge in [-0.25, -0.2) is 0 Å². The van der Waals surface area contributed by atoms with Crippen LogP contribution in [-0.4, -0.2) is 21.4 Å². The Morgan fingerprint density at radius 1 is 1.00 bits per heavy atom.